The fraction of sp³-hybridized carbons (Fsp3) is 0.333. The van der Waals surface area contributed by atoms with E-state index in [2.05, 4.69) is 11.3 Å². The molecule has 0 saturated carbocycles. The molecule has 5 heteroatoms. The molecule has 0 radical (unpaired) electrons. The number of para-hydroxylation sites is 1. The molecule has 0 aromatic heterocycles. The number of aryl methyl sites for hydroxylation is 2. The predicted molar refractivity (Wildman–Crippen MR) is 76.4 cm³/mol. The molecule has 1 rings (SSSR count). The van der Waals surface area contributed by atoms with Crippen LogP contribution < -0.4 is 4.90 Å². The normalized spacial score (nSPS) is 10.0. The fourth-order valence-corrected chi connectivity index (χ4v) is 1.97. The smallest absolute Gasteiger partial charge is 0.354 e. The van der Waals surface area contributed by atoms with E-state index in [1.165, 1.54) is 19.1 Å². The van der Waals surface area contributed by atoms with E-state index in [0.29, 0.717) is 5.69 Å². The van der Waals surface area contributed by atoms with Gasteiger partial charge in [-0.2, -0.15) is 0 Å². The van der Waals surface area contributed by atoms with Gasteiger partial charge >= 0.3 is 5.97 Å². The molecule has 108 valence electrons. The molecule has 0 fully saturated rings. The highest BCUT2D eigenvalue weighted by Crippen LogP contribution is 2.28. The molecule has 0 aliphatic rings. The number of benzene rings is 1. The van der Waals surface area contributed by atoms with Gasteiger partial charge in [-0.1, -0.05) is 24.8 Å². The maximum atomic E-state index is 12.2. The number of amides is 1. The highest BCUT2D eigenvalue weighted by Gasteiger charge is 2.26. The third kappa shape index (κ3) is 3.24. The van der Waals surface area contributed by atoms with Crippen LogP contribution in [0.4, 0.5) is 5.69 Å². The molecular weight excluding hydrogens is 258 g/mol. The van der Waals surface area contributed by atoms with Crippen molar-refractivity contribution in [1.82, 2.24) is 0 Å². The van der Waals surface area contributed by atoms with Crippen molar-refractivity contribution in [3.8, 4) is 0 Å². The Balaban J connectivity index is 3.34. The molecule has 0 bridgehead atoms. The van der Waals surface area contributed by atoms with Crippen LogP contribution in [0.25, 0.3) is 0 Å². The maximum Gasteiger partial charge on any atom is 0.354 e. The maximum absolute atomic E-state index is 12.2. The van der Waals surface area contributed by atoms with E-state index in [4.69, 9.17) is 4.74 Å². The van der Waals surface area contributed by atoms with Crippen molar-refractivity contribution in [1.29, 1.82) is 0 Å². The van der Waals surface area contributed by atoms with Crippen LogP contribution in [0.2, 0.25) is 0 Å². The number of rotatable bonds is 5. The van der Waals surface area contributed by atoms with Gasteiger partial charge in [0, 0.05) is 7.11 Å². The molecule has 0 atom stereocenters. The van der Waals surface area contributed by atoms with Crippen LogP contribution in [0.3, 0.4) is 0 Å². The van der Waals surface area contributed by atoms with Gasteiger partial charge in [0.05, 0.1) is 12.8 Å². The van der Waals surface area contributed by atoms with E-state index in [1.807, 2.05) is 32.0 Å². The minimum absolute atomic E-state index is 0.0352. The zero-order valence-electron chi connectivity index (χ0n) is 12.2. The fourth-order valence-electron chi connectivity index (χ4n) is 1.97. The second kappa shape index (κ2) is 6.86. The number of methoxy groups -OCH3 is 2. The first-order valence-electron chi connectivity index (χ1n) is 6.09. The Morgan fingerprint density at radius 3 is 2.20 bits per heavy atom. The summed E-state index contributed by atoms with van der Waals surface area (Å²) >= 11 is 0. The Hall–Kier alpha value is -2.14. The summed E-state index contributed by atoms with van der Waals surface area (Å²) in [6.45, 7) is 7.24. The molecule has 0 unspecified atom stereocenters. The Morgan fingerprint density at radius 2 is 1.75 bits per heavy atom. The summed E-state index contributed by atoms with van der Waals surface area (Å²) in [6.07, 6.45) is 0. The minimum Gasteiger partial charge on any atom is -0.464 e. The van der Waals surface area contributed by atoms with Crippen LogP contribution in [-0.4, -0.2) is 32.7 Å². The summed E-state index contributed by atoms with van der Waals surface area (Å²) in [5.41, 5.74) is 2.32. The molecule has 1 aromatic rings. The monoisotopic (exact) mass is 277 g/mol. The molecule has 0 heterocycles. The Morgan fingerprint density at radius 1 is 1.20 bits per heavy atom. The predicted octanol–water partition coefficient (Wildman–Crippen LogP) is 1.97. The van der Waals surface area contributed by atoms with Crippen molar-refractivity contribution in [2.45, 2.75) is 13.8 Å². The van der Waals surface area contributed by atoms with E-state index in [0.717, 1.165) is 11.1 Å². The Kier molecular flexibility index (Phi) is 5.46. The van der Waals surface area contributed by atoms with Gasteiger partial charge in [-0.3, -0.25) is 9.69 Å². The van der Waals surface area contributed by atoms with E-state index >= 15 is 0 Å². The number of anilines is 1. The number of esters is 1. The molecule has 0 saturated heterocycles. The van der Waals surface area contributed by atoms with Gasteiger partial charge in [-0.15, -0.1) is 0 Å². The summed E-state index contributed by atoms with van der Waals surface area (Å²) < 4.78 is 9.51. The lowest BCUT2D eigenvalue weighted by molar-refractivity contribution is -0.137. The zero-order valence-corrected chi connectivity index (χ0v) is 12.2. The molecule has 0 aliphatic heterocycles. The molecule has 0 spiro atoms. The summed E-state index contributed by atoms with van der Waals surface area (Å²) in [5, 5.41) is 0. The van der Waals surface area contributed by atoms with Crippen LogP contribution in [0.5, 0.6) is 0 Å². The van der Waals surface area contributed by atoms with Crippen LogP contribution in [0.15, 0.2) is 30.5 Å². The van der Waals surface area contributed by atoms with Gasteiger partial charge in [0.25, 0.3) is 5.91 Å². The standard InChI is InChI=1S/C15H19NO4/c1-10-7-6-8-11(2)14(10)16(13(17)9-19-4)12(3)15(18)20-5/h6-8H,3,9H2,1-2,4-5H3. The number of nitrogens with zero attached hydrogens (tertiary/aromatic N) is 1. The van der Waals surface area contributed by atoms with Crippen molar-refractivity contribution >= 4 is 17.6 Å². The first-order valence-corrected chi connectivity index (χ1v) is 6.09. The summed E-state index contributed by atoms with van der Waals surface area (Å²) in [6, 6.07) is 5.61. The van der Waals surface area contributed by atoms with Gasteiger partial charge in [0.15, 0.2) is 0 Å². The SMILES string of the molecule is C=C(C(=O)OC)N(C(=O)COC)c1c(C)cccc1C. The minimum atomic E-state index is -0.655. The Labute approximate surface area is 118 Å². The molecule has 5 nitrogen and oxygen atoms in total. The molecule has 0 aliphatic carbocycles. The van der Waals surface area contributed by atoms with Crippen LogP contribution in [-0.2, 0) is 19.1 Å². The first kappa shape index (κ1) is 15.9. The van der Waals surface area contributed by atoms with Gasteiger partial charge in [-0.25, -0.2) is 4.79 Å². The van der Waals surface area contributed by atoms with Crippen molar-refractivity contribution in [2.24, 2.45) is 0 Å². The summed E-state index contributed by atoms with van der Waals surface area (Å²) in [5.74, 6) is -1.03. The molecule has 1 amide bonds. The van der Waals surface area contributed by atoms with Gasteiger partial charge < -0.3 is 9.47 Å². The van der Waals surface area contributed by atoms with Crippen molar-refractivity contribution in [3.05, 3.63) is 41.6 Å². The van der Waals surface area contributed by atoms with Gasteiger partial charge in [0.1, 0.15) is 12.3 Å². The second-order valence-corrected chi connectivity index (χ2v) is 4.34. The van der Waals surface area contributed by atoms with Crippen LogP contribution >= 0.6 is 0 Å². The molecule has 20 heavy (non-hydrogen) atoms. The first-order chi connectivity index (χ1) is 9.43. The number of hydrogen-bond acceptors (Lipinski definition) is 4. The highest BCUT2D eigenvalue weighted by atomic mass is 16.5. The van der Waals surface area contributed by atoms with E-state index < -0.39 is 5.97 Å². The number of hydrogen-bond donors (Lipinski definition) is 0. The third-order valence-corrected chi connectivity index (χ3v) is 2.87. The summed E-state index contributed by atoms with van der Waals surface area (Å²) in [7, 11) is 2.67. The lowest BCUT2D eigenvalue weighted by Gasteiger charge is -2.26. The number of carbonyl (C=O) groups excluding carboxylic acids is 2. The van der Waals surface area contributed by atoms with Gasteiger partial charge in [0.2, 0.25) is 0 Å². The average molecular weight is 277 g/mol. The molecule has 0 N–H and O–H groups in total. The van der Waals surface area contributed by atoms with E-state index in [-0.39, 0.29) is 18.2 Å². The topological polar surface area (TPSA) is 55.8 Å². The summed E-state index contributed by atoms with van der Waals surface area (Å²) in [4.78, 5) is 25.2. The number of carbonyl (C=O) groups is 2. The largest absolute Gasteiger partial charge is 0.464 e. The lowest BCUT2D eigenvalue weighted by Crippen LogP contribution is -2.37. The second-order valence-electron chi connectivity index (χ2n) is 4.34. The zero-order chi connectivity index (χ0) is 15.3. The molecular formula is C15H19NO4. The van der Waals surface area contributed by atoms with E-state index in [9.17, 15) is 9.59 Å². The average Bonchev–Trinajstić information content (AvgIpc) is 2.41. The van der Waals surface area contributed by atoms with Crippen molar-refractivity contribution in [2.75, 3.05) is 25.7 Å². The van der Waals surface area contributed by atoms with E-state index in [1.54, 1.807) is 0 Å². The van der Waals surface area contributed by atoms with Crippen molar-refractivity contribution < 1.29 is 19.1 Å². The third-order valence-electron chi connectivity index (χ3n) is 2.87. The number of ether oxygens (including phenoxy) is 2. The van der Waals surface area contributed by atoms with Gasteiger partial charge in [-0.05, 0) is 25.0 Å². The van der Waals surface area contributed by atoms with Crippen LogP contribution in [0.1, 0.15) is 11.1 Å². The quantitative estimate of drug-likeness (QED) is 0.610. The van der Waals surface area contributed by atoms with Crippen LogP contribution in [0, 0.1) is 13.8 Å². The van der Waals surface area contributed by atoms with Crippen molar-refractivity contribution in [3.63, 3.8) is 0 Å². The Bertz CT molecular complexity index is 516. The molecule has 1 aromatic carbocycles. The lowest BCUT2D eigenvalue weighted by atomic mass is 10.1. The highest BCUT2D eigenvalue weighted by molar-refractivity contribution is 6.07.